The van der Waals surface area contributed by atoms with Gasteiger partial charge in [0.2, 0.25) is 0 Å². The van der Waals surface area contributed by atoms with Crippen molar-refractivity contribution in [3.63, 3.8) is 0 Å². The van der Waals surface area contributed by atoms with Gasteiger partial charge in [0, 0.05) is 18.9 Å². The topological polar surface area (TPSA) is 90.7 Å². The van der Waals surface area contributed by atoms with Gasteiger partial charge in [-0.3, -0.25) is 9.78 Å². The zero-order chi connectivity index (χ0) is 13.8. The maximum atomic E-state index is 12.4. The number of carboxylic acids is 1. The number of aliphatic hydroxyl groups excluding tert-OH is 1. The number of aromatic carboxylic acids is 1. The molecule has 2 rings (SSSR count). The molecule has 1 fully saturated rings. The number of hydrogen-bond acceptors (Lipinski definition) is 4. The third-order valence-corrected chi connectivity index (χ3v) is 3.38. The van der Waals surface area contributed by atoms with E-state index in [0.29, 0.717) is 6.54 Å². The van der Waals surface area contributed by atoms with Crippen molar-refractivity contribution in [3.8, 4) is 0 Å². The van der Waals surface area contributed by atoms with E-state index in [0.717, 1.165) is 19.3 Å². The summed E-state index contributed by atoms with van der Waals surface area (Å²) in [5.41, 5.74) is 0.0256. The molecule has 102 valence electrons. The van der Waals surface area contributed by atoms with Crippen LogP contribution in [0, 0.1) is 0 Å². The number of carboxylic acid groups (broad SMARTS) is 1. The fourth-order valence-electron chi connectivity index (χ4n) is 2.36. The third kappa shape index (κ3) is 2.73. The molecule has 0 bridgehead atoms. The number of carbonyl (C=O) groups excluding carboxylic acids is 1. The molecule has 1 aliphatic heterocycles. The average molecular weight is 264 g/mol. The van der Waals surface area contributed by atoms with Gasteiger partial charge in [0.15, 0.2) is 0 Å². The van der Waals surface area contributed by atoms with Crippen molar-refractivity contribution in [2.75, 3.05) is 13.2 Å². The monoisotopic (exact) mass is 264 g/mol. The lowest BCUT2D eigenvalue weighted by molar-refractivity contribution is 0.0495. The minimum absolute atomic E-state index is 0.0980. The van der Waals surface area contributed by atoms with Gasteiger partial charge in [-0.1, -0.05) is 0 Å². The standard InChI is InChI=1S/C13H16N2O4/c16-8-9-3-1-2-6-15(9)12(17)10-4-5-14-7-11(10)13(18)19/h4-5,7,9,16H,1-3,6,8H2,(H,18,19). The van der Waals surface area contributed by atoms with Gasteiger partial charge in [0.1, 0.15) is 0 Å². The van der Waals surface area contributed by atoms with E-state index in [1.165, 1.54) is 18.5 Å². The fraction of sp³-hybridized carbons (Fsp3) is 0.462. The highest BCUT2D eigenvalue weighted by atomic mass is 16.4. The van der Waals surface area contributed by atoms with Gasteiger partial charge >= 0.3 is 5.97 Å². The molecule has 1 aliphatic rings. The Labute approximate surface area is 110 Å². The van der Waals surface area contributed by atoms with Crippen LogP contribution in [0.3, 0.4) is 0 Å². The zero-order valence-corrected chi connectivity index (χ0v) is 10.5. The van der Waals surface area contributed by atoms with Crippen LogP contribution in [0.2, 0.25) is 0 Å². The zero-order valence-electron chi connectivity index (χ0n) is 10.5. The Hall–Kier alpha value is -1.95. The number of rotatable bonds is 3. The second-order valence-electron chi connectivity index (χ2n) is 4.56. The van der Waals surface area contributed by atoms with Crippen molar-refractivity contribution in [1.82, 2.24) is 9.88 Å². The van der Waals surface area contributed by atoms with Crippen molar-refractivity contribution >= 4 is 11.9 Å². The minimum atomic E-state index is -1.17. The molecule has 1 saturated heterocycles. The first-order valence-electron chi connectivity index (χ1n) is 6.24. The Kier molecular flexibility index (Phi) is 4.11. The van der Waals surface area contributed by atoms with Crippen LogP contribution in [0.1, 0.15) is 40.0 Å². The SMILES string of the molecule is O=C(O)c1cnccc1C(=O)N1CCCCC1CO. The number of aromatic nitrogens is 1. The van der Waals surface area contributed by atoms with Crippen molar-refractivity contribution in [2.45, 2.75) is 25.3 Å². The lowest BCUT2D eigenvalue weighted by atomic mass is 10.0. The highest BCUT2D eigenvalue weighted by molar-refractivity contribution is 6.04. The van der Waals surface area contributed by atoms with Crippen molar-refractivity contribution in [1.29, 1.82) is 0 Å². The molecule has 6 nitrogen and oxygen atoms in total. The first kappa shape index (κ1) is 13.5. The number of carbonyl (C=O) groups is 2. The summed E-state index contributed by atoms with van der Waals surface area (Å²) in [5, 5.41) is 18.4. The van der Waals surface area contributed by atoms with Crippen molar-refractivity contribution < 1.29 is 19.8 Å². The van der Waals surface area contributed by atoms with Crippen LogP contribution in [0.25, 0.3) is 0 Å². The van der Waals surface area contributed by atoms with Crippen LogP contribution in [0.15, 0.2) is 18.5 Å². The molecular weight excluding hydrogens is 248 g/mol. The molecule has 6 heteroatoms. The Morgan fingerprint density at radius 3 is 2.84 bits per heavy atom. The first-order chi connectivity index (χ1) is 9.15. The van der Waals surface area contributed by atoms with Crippen LogP contribution >= 0.6 is 0 Å². The second kappa shape index (κ2) is 5.79. The molecule has 1 amide bonds. The van der Waals surface area contributed by atoms with Gasteiger partial charge in [0.05, 0.1) is 23.8 Å². The van der Waals surface area contributed by atoms with Crippen molar-refractivity contribution in [3.05, 3.63) is 29.6 Å². The predicted molar refractivity (Wildman–Crippen MR) is 67.0 cm³/mol. The van der Waals surface area contributed by atoms with Crippen LogP contribution in [-0.4, -0.2) is 51.2 Å². The van der Waals surface area contributed by atoms with Gasteiger partial charge in [-0.15, -0.1) is 0 Å². The second-order valence-corrected chi connectivity index (χ2v) is 4.56. The van der Waals surface area contributed by atoms with E-state index in [2.05, 4.69) is 4.98 Å². The molecule has 0 aliphatic carbocycles. The summed E-state index contributed by atoms with van der Waals surface area (Å²) in [6.07, 6.45) is 5.16. The van der Waals surface area contributed by atoms with Crippen LogP contribution in [0.5, 0.6) is 0 Å². The molecule has 0 saturated carbocycles. The molecule has 1 unspecified atom stereocenters. The predicted octanol–water partition coefficient (Wildman–Crippen LogP) is 0.767. The average Bonchev–Trinajstić information content (AvgIpc) is 2.46. The fourth-order valence-corrected chi connectivity index (χ4v) is 2.36. The van der Waals surface area contributed by atoms with E-state index in [9.17, 15) is 14.7 Å². The Morgan fingerprint density at radius 1 is 1.37 bits per heavy atom. The van der Waals surface area contributed by atoms with Crippen molar-refractivity contribution in [2.24, 2.45) is 0 Å². The van der Waals surface area contributed by atoms with E-state index in [1.54, 1.807) is 4.90 Å². The summed E-state index contributed by atoms with van der Waals surface area (Å²) in [7, 11) is 0. The van der Waals surface area contributed by atoms with E-state index < -0.39 is 5.97 Å². The largest absolute Gasteiger partial charge is 0.478 e. The maximum Gasteiger partial charge on any atom is 0.338 e. The number of pyridine rings is 1. The molecule has 2 heterocycles. The Bertz CT molecular complexity index is 489. The summed E-state index contributed by atoms with van der Waals surface area (Å²) in [6, 6.07) is 1.19. The summed E-state index contributed by atoms with van der Waals surface area (Å²) in [4.78, 5) is 28.8. The van der Waals surface area contributed by atoms with Gasteiger partial charge in [-0.05, 0) is 25.3 Å². The molecule has 0 radical (unpaired) electrons. The van der Waals surface area contributed by atoms with Gasteiger partial charge in [-0.25, -0.2) is 4.79 Å². The van der Waals surface area contributed by atoms with E-state index in [-0.39, 0.29) is 29.7 Å². The Morgan fingerprint density at radius 2 is 2.16 bits per heavy atom. The Balaban J connectivity index is 2.30. The molecule has 1 aromatic rings. The third-order valence-electron chi connectivity index (χ3n) is 3.38. The molecule has 19 heavy (non-hydrogen) atoms. The normalized spacial score (nSPS) is 19.2. The number of piperidine rings is 1. The number of aliphatic hydroxyl groups is 1. The number of hydrogen-bond donors (Lipinski definition) is 2. The van der Waals surface area contributed by atoms with Crippen LogP contribution in [-0.2, 0) is 0 Å². The van der Waals surface area contributed by atoms with Gasteiger partial charge in [0.25, 0.3) is 5.91 Å². The maximum absolute atomic E-state index is 12.4. The van der Waals surface area contributed by atoms with Crippen LogP contribution < -0.4 is 0 Å². The number of likely N-dealkylation sites (tertiary alicyclic amines) is 1. The summed E-state index contributed by atoms with van der Waals surface area (Å²) < 4.78 is 0. The van der Waals surface area contributed by atoms with E-state index >= 15 is 0 Å². The molecule has 1 atom stereocenters. The summed E-state index contributed by atoms with van der Waals surface area (Å²) >= 11 is 0. The quantitative estimate of drug-likeness (QED) is 0.841. The minimum Gasteiger partial charge on any atom is -0.478 e. The summed E-state index contributed by atoms with van der Waals surface area (Å²) in [6.45, 7) is 0.449. The summed E-state index contributed by atoms with van der Waals surface area (Å²) in [5.74, 6) is -1.52. The van der Waals surface area contributed by atoms with E-state index in [1.807, 2.05) is 0 Å². The molecular formula is C13H16N2O4. The van der Waals surface area contributed by atoms with Gasteiger partial charge in [-0.2, -0.15) is 0 Å². The van der Waals surface area contributed by atoms with Gasteiger partial charge < -0.3 is 15.1 Å². The molecule has 2 N–H and O–H groups in total. The van der Waals surface area contributed by atoms with Crippen LogP contribution in [0.4, 0.5) is 0 Å². The number of nitrogens with zero attached hydrogens (tertiary/aromatic N) is 2. The lowest BCUT2D eigenvalue weighted by Crippen LogP contribution is -2.46. The first-order valence-corrected chi connectivity index (χ1v) is 6.24. The molecule has 0 aromatic carbocycles. The highest BCUT2D eigenvalue weighted by Crippen LogP contribution is 2.20. The number of amides is 1. The molecule has 0 spiro atoms. The van der Waals surface area contributed by atoms with E-state index in [4.69, 9.17) is 5.11 Å². The molecule has 1 aromatic heterocycles. The highest BCUT2D eigenvalue weighted by Gasteiger charge is 2.29. The smallest absolute Gasteiger partial charge is 0.338 e. The lowest BCUT2D eigenvalue weighted by Gasteiger charge is -2.34.